The van der Waals surface area contributed by atoms with Crippen LogP contribution in [0.2, 0.25) is 0 Å². The summed E-state index contributed by atoms with van der Waals surface area (Å²) in [5.41, 5.74) is -0.147. The van der Waals surface area contributed by atoms with Crippen molar-refractivity contribution < 1.29 is 13.5 Å². The van der Waals surface area contributed by atoms with E-state index >= 15 is 0 Å². The summed E-state index contributed by atoms with van der Waals surface area (Å²) in [7, 11) is 0. The van der Waals surface area contributed by atoms with Crippen molar-refractivity contribution in [2.24, 2.45) is 0 Å². The minimum atomic E-state index is -2.86. The predicted octanol–water partition coefficient (Wildman–Crippen LogP) is 3.15. The van der Waals surface area contributed by atoms with Crippen molar-refractivity contribution in [2.75, 3.05) is 13.2 Å². The minimum absolute atomic E-state index is 0.147. The fraction of sp³-hybridized carbons (Fsp3) is 0.750. The average Bonchev–Trinajstić information content (AvgIpc) is 2.62. The van der Waals surface area contributed by atoms with Crippen molar-refractivity contribution in [3.63, 3.8) is 0 Å². The van der Waals surface area contributed by atoms with E-state index in [0.717, 1.165) is 6.92 Å². The first-order valence-electron chi connectivity index (χ1n) is 6.06. The fourth-order valence-electron chi connectivity index (χ4n) is 1.61. The lowest BCUT2D eigenvalue weighted by atomic mass is 10.2. The van der Waals surface area contributed by atoms with Gasteiger partial charge in [0.1, 0.15) is 11.5 Å². The summed E-state index contributed by atoms with van der Waals surface area (Å²) in [5.74, 6) is -2.15. The molecule has 0 aromatic carbocycles. The monoisotopic (exact) mass is 246 g/mol. The minimum Gasteiger partial charge on any atom is -0.377 e. The van der Waals surface area contributed by atoms with Crippen LogP contribution in [0.3, 0.4) is 0 Å². The Kier molecular flexibility index (Phi) is 4.62. The summed E-state index contributed by atoms with van der Waals surface area (Å²) in [5, 5.41) is 0. The number of aryl methyl sites for hydroxylation is 1. The van der Waals surface area contributed by atoms with Crippen LogP contribution in [0.1, 0.15) is 45.3 Å². The van der Waals surface area contributed by atoms with Gasteiger partial charge >= 0.3 is 0 Å². The number of halogens is 2. The van der Waals surface area contributed by atoms with Gasteiger partial charge in [-0.1, -0.05) is 20.8 Å². The summed E-state index contributed by atoms with van der Waals surface area (Å²) >= 11 is 0. The molecule has 0 N–H and O–H groups in total. The number of aromatic nitrogens is 2. The van der Waals surface area contributed by atoms with Crippen LogP contribution in [0, 0.1) is 0 Å². The van der Waals surface area contributed by atoms with E-state index in [4.69, 9.17) is 4.74 Å². The molecule has 0 atom stereocenters. The summed E-state index contributed by atoms with van der Waals surface area (Å²) < 4.78 is 33.0. The number of hydrogen-bond acceptors (Lipinski definition) is 2. The second-order valence-corrected chi connectivity index (χ2v) is 3.88. The maximum absolute atomic E-state index is 13.1. The van der Waals surface area contributed by atoms with Gasteiger partial charge in [0.15, 0.2) is 0 Å². The summed E-state index contributed by atoms with van der Waals surface area (Å²) in [6, 6.07) is 0.184. The highest BCUT2D eigenvalue weighted by atomic mass is 19.3. The molecule has 0 radical (unpaired) electrons. The fourth-order valence-corrected chi connectivity index (χ4v) is 1.61. The van der Waals surface area contributed by atoms with E-state index in [9.17, 15) is 8.78 Å². The van der Waals surface area contributed by atoms with E-state index in [1.807, 2.05) is 25.3 Å². The zero-order valence-electron chi connectivity index (χ0n) is 10.8. The first kappa shape index (κ1) is 14.1. The van der Waals surface area contributed by atoms with Crippen LogP contribution in [0.4, 0.5) is 8.78 Å². The van der Waals surface area contributed by atoms with E-state index in [2.05, 4.69) is 4.98 Å². The first-order chi connectivity index (χ1) is 8.02. The van der Waals surface area contributed by atoms with Crippen LogP contribution >= 0.6 is 0 Å². The Labute approximate surface area is 101 Å². The zero-order chi connectivity index (χ0) is 13.1. The molecule has 0 bridgehead atoms. The van der Waals surface area contributed by atoms with E-state index in [1.165, 1.54) is 6.20 Å². The van der Waals surface area contributed by atoms with Crippen LogP contribution in [-0.2, 0) is 17.1 Å². The number of nitrogens with zero attached hydrogens (tertiary/aromatic N) is 2. The Morgan fingerprint density at radius 2 is 2.06 bits per heavy atom. The molecule has 1 aliphatic heterocycles. The van der Waals surface area contributed by atoms with Gasteiger partial charge in [0.2, 0.25) is 0 Å². The predicted molar refractivity (Wildman–Crippen MR) is 62.4 cm³/mol. The highest BCUT2D eigenvalue weighted by molar-refractivity contribution is 5.11. The second-order valence-electron chi connectivity index (χ2n) is 3.88. The van der Waals surface area contributed by atoms with Gasteiger partial charge < -0.3 is 9.30 Å². The van der Waals surface area contributed by atoms with Crippen LogP contribution in [-0.4, -0.2) is 22.8 Å². The van der Waals surface area contributed by atoms with Gasteiger partial charge in [-0.05, 0) is 0 Å². The topological polar surface area (TPSA) is 27.1 Å². The molecule has 0 amide bonds. The molecule has 1 aromatic rings. The number of rotatable bonds is 3. The van der Waals surface area contributed by atoms with Crippen molar-refractivity contribution in [1.82, 2.24) is 9.55 Å². The van der Waals surface area contributed by atoms with Crippen molar-refractivity contribution in [3.8, 4) is 0 Å². The van der Waals surface area contributed by atoms with Gasteiger partial charge in [-0.3, -0.25) is 0 Å². The molecular formula is C12H20F2N2O. The highest BCUT2D eigenvalue weighted by Gasteiger charge is 2.31. The summed E-state index contributed by atoms with van der Waals surface area (Å²) in [4.78, 5) is 3.96. The molecule has 3 nitrogen and oxygen atoms in total. The van der Waals surface area contributed by atoms with E-state index in [-0.39, 0.29) is 11.7 Å². The SMILES string of the molecule is CC.CCc1nc(C(C)(F)F)cn1C1COC1. The maximum Gasteiger partial charge on any atom is 0.288 e. The van der Waals surface area contributed by atoms with Crippen LogP contribution in [0.15, 0.2) is 6.20 Å². The van der Waals surface area contributed by atoms with Crippen LogP contribution in [0.5, 0.6) is 0 Å². The molecule has 1 aromatic heterocycles. The first-order valence-corrected chi connectivity index (χ1v) is 6.06. The smallest absolute Gasteiger partial charge is 0.288 e. The molecule has 5 heteroatoms. The molecule has 0 aliphatic carbocycles. The molecule has 0 saturated carbocycles. The van der Waals surface area contributed by atoms with Crippen molar-refractivity contribution in [1.29, 1.82) is 0 Å². The Balaban J connectivity index is 0.000000686. The number of ether oxygens (including phenoxy) is 1. The van der Waals surface area contributed by atoms with Gasteiger partial charge in [0.05, 0.1) is 19.3 Å². The normalized spacial score (nSPS) is 16.1. The quantitative estimate of drug-likeness (QED) is 0.819. The Bertz CT molecular complexity index is 354. The number of imidazole rings is 1. The lowest BCUT2D eigenvalue weighted by Gasteiger charge is -2.28. The summed E-state index contributed by atoms with van der Waals surface area (Å²) in [6.45, 7) is 7.97. The maximum atomic E-state index is 13.1. The van der Waals surface area contributed by atoms with Crippen LogP contribution in [0.25, 0.3) is 0 Å². The third-order valence-electron chi connectivity index (χ3n) is 2.59. The van der Waals surface area contributed by atoms with Gasteiger partial charge in [-0.2, -0.15) is 8.78 Å². The Morgan fingerprint density at radius 1 is 1.47 bits per heavy atom. The lowest BCUT2D eigenvalue weighted by molar-refractivity contribution is -0.0250. The summed E-state index contributed by atoms with van der Waals surface area (Å²) in [6.07, 6.45) is 2.11. The number of hydrogen-bond donors (Lipinski definition) is 0. The molecule has 2 rings (SSSR count). The van der Waals surface area contributed by atoms with Gasteiger partial charge in [-0.25, -0.2) is 4.98 Å². The molecule has 0 unspecified atom stereocenters. The molecule has 98 valence electrons. The second kappa shape index (κ2) is 5.58. The number of alkyl halides is 2. The van der Waals surface area contributed by atoms with E-state index < -0.39 is 5.92 Å². The van der Waals surface area contributed by atoms with Crippen molar-refractivity contribution in [2.45, 2.75) is 46.1 Å². The van der Waals surface area contributed by atoms with Gasteiger partial charge in [0, 0.05) is 19.5 Å². The third-order valence-corrected chi connectivity index (χ3v) is 2.59. The zero-order valence-corrected chi connectivity index (χ0v) is 10.8. The standard InChI is InChI=1S/C10H14F2N2O.C2H6/c1-3-9-13-8(10(2,11)12)4-14(9)7-5-15-6-7;1-2/h4,7H,3,5-6H2,1-2H3;1-2H3. The molecule has 1 saturated heterocycles. The molecule has 17 heavy (non-hydrogen) atoms. The molecular weight excluding hydrogens is 226 g/mol. The van der Waals surface area contributed by atoms with E-state index in [1.54, 1.807) is 0 Å². The lowest BCUT2D eigenvalue weighted by Crippen LogP contribution is -2.31. The molecule has 2 heterocycles. The Hall–Kier alpha value is -0.970. The van der Waals surface area contributed by atoms with Gasteiger partial charge in [0.25, 0.3) is 5.92 Å². The van der Waals surface area contributed by atoms with E-state index in [0.29, 0.717) is 25.5 Å². The Morgan fingerprint density at radius 3 is 2.41 bits per heavy atom. The molecule has 1 fully saturated rings. The van der Waals surface area contributed by atoms with Crippen molar-refractivity contribution >= 4 is 0 Å². The molecule has 1 aliphatic rings. The van der Waals surface area contributed by atoms with Gasteiger partial charge in [-0.15, -0.1) is 0 Å². The molecule has 0 spiro atoms. The third kappa shape index (κ3) is 3.03. The largest absolute Gasteiger partial charge is 0.377 e. The van der Waals surface area contributed by atoms with Crippen molar-refractivity contribution in [3.05, 3.63) is 17.7 Å². The van der Waals surface area contributed by atoms with Crippen LogP contribution < -0.4 is 0 Å². The highest BCUT2D eigenvalue weighted by Crippen LogP contribution is 2.29. The average molecular weight is 246 g/mol.